The van der Waals surface area contributed by atoms with Gasteiger partial charge in [-0.25, -0.2) is 0 Å². The molecule has 72 valence electrons. The Balaban J connectivity index is 2.92. The first-order valence-electron chi connectivity index (χ1n) is 3.62. The van der Waals surface area contributed by atoms with E-state index in [2.05, 4.69) is 0 Å². The Morgan fingerprint density at radius 2 is 2.08 bits per heavy atom. The van der Waals surface area contributed by atoms with Crippen LogP contribution in [0.3, 0.4) is 0 Å². The summed E-state index contributed by atoms with van der Waals surface area (Å²) in [6, 6.07) is 1.13. The van der Waals surface area contributed by atoms with Gasteiger partial charge in [0.25, 0.3) is 0 Å². The molecule has 5 heteroatoms. The summed E-state index contributed by atoms with van der Waals surface area (Å²) in [7, 11) is 0. The molecule has 2 nitrogen and oxygen atoms in total. The average Bonchev–Trinajstić information content (AvgIpc) is 1.94. The van der Waals surface area contributed by atoms with E-state index >= 15 is 0 Å². The largest absolute Gasteiger partial charge is 0.406 e. The van der Waals surface area contributed by atoms with Crippen LogP contribution in [0.1, 0.15) is 5.56 Å². The molecule has 0 spiro atoms. The lowest BCUT2D eigenvalue weighted by Crippen LogP contribution is -2.19. The average molecular weight is 191 g/mol. The normalized spacial score (nSPS) is 11.7. The van der Waals surface area contributed by atoms with Crippen molar-refractivity contribution in [1.82, 2.24) is 4.57 Å². The molecule has 0 fully saturated rings. The fraction of sp³-hybridized carbons (Fsp3) is 0.375. The highest BCUT2D eigenvalue weighted by Crippen LogP contribution is 2.16. The van der Waals surface area contributed by atoms with Crippen LogP contribution < -0.4 is 5.43 Å². The zero-order valence-corrected chi connectivity index (χ0v) is 6.93. The van der Waals surface area contributed by atoms with Crippen LogP contribution in [-0.2, 0) is 6.54 Å². The molecule has 0 aromatic carbocycles. The molecule has 0 atom stereocenters. The number of nitrogens with zero attached hydrogens (tertiary/aromatic N) is 1. The molecule has 0 unspecified atom stereocenters. The molecule has 0 radical (unpaired) electrons. The molecule has 0 saturated carbocycles. The van der Waals surface area contributed by atoms with Crippen molar-refractivity contribution in [3.05, 3.63) is 34.2 Å². The van der Waals surface area contributed by atoms with Crippen molar-refractivity contribution in [3.63, 3.8) is 0 Å². The molecule has 0 N–H and O–H groups in total. The summed E-state index contributed by atoms with van der Waals surface area (Å²) in [5.74, 6) is 0. The molecule has 13 heavy (non-hydrogen) atoms. The van der Waals surface area contributed by atoms with Gasteiger partial charge in [-0.15, -0.1) is 0 Å². The van der Waals surface area contributed by atoms with Gasteiger partial charge >= 0.3 is 6.18 Å². The number of aromatic nitrogens is 1. The van der Waals surface area contributed by atoms with Crippen molar-refractivity contribution in [2.75, 3.05) is 0 Å². The van der Waals surface area contributed by atoms with E-state index in [1.165, 1.54) is 13.1 Å². The maximum absolute atomic E-state index is 11.9. The number of rotatable bonds is 1. The van der Waals surface area contributed by atoms with Gasteiger partial charge in [0, 0.05) is 24.0 Å². The lowest BCUT2D eigenvalue weighted by Gasteiger charge is -2.09. The van der Waals surface area contributed by atoms with E-state index < -0.39 is 12.7 Å². The summed E-state index contributed by atoms with van der Waals surface area (Å²) < 4.78 is 36.6. The maximum Gasteiger partial charge on any atom is 0.406 e. The van der Waals surface area contributed by atoms with Crippen LogP contribution in [0.15, 0.2) is 23.3 Å². The van der Waals surface area contributed by atoms with Gasteiger partial charge in [0.15, 0.2) is 5.43 Å². The van der Waals surface area contributed by atoms with Crippen LogP contribution in [0.5, 0.6) is 0 Å². The van der Waals surface area contributed by atoms with Crippen molar-refractivity contribution in [3.8, 4) is 0 Å². The Morgan fingerprint density at radius 3 is 2.54 bits per heavy atom. The second-order valence-electron chi connectivity index (χ2n) is 2.78. The zero-order valence-electron chi connectivity index (χ0n) is 6.93. The van der Waals surface area contributed by atoms with Gasteiger partial charge in [-0.3, -0.25) is 4.79 Å². The van der Waals surface area contributed by atoms with E-state index in [1.807, 2.05) is 0 Å². The van der Waals surface area contributed by atoms with Crippen molar-refractivity contribution in [1.29, 1.82) is 0 Å². The van der Waals surface area contributed by atoms with Crippen molar-refractivity contribution >= 4 is 0 Å². The fourth-order valence-electron chi connectivity index (χ4n) is 0.956. The second kappa shape index (κ2) is 3.24. The highest BCUT2D eigenvalue weighted by molar-refractivity contribution is 5.07. The van der Waals surface area contributed by atoms with Crippen LogP contribution in [0.2, 0.25) is 0 Å². The van der Waals surface area contributed by atoms with E-state index in [4.69, 9.17) is 0 Å². The van der Waals surface area contributed by atoms with Gasteiger partial charge in [0.05, 0.1) is 0 Å². The summed E-state index contributed by atoms with van der Waals surface area (Å²) in [4.78, 5) is 10.8. The summed E-state index contributed by atoms with van der Waals surface area (Å²) in [6.07, 6.45) is -1.93. The molecule has 0 amide bonds. The van der Waals surface area contributed by atoms with Gasteiger partial charge in [-0.2, -0.15) is 13.2 Å². The predicted molar refractivity (Wildman–Crippen MR) is 41.5 cm³/mol. The Kier molecular flexibility index (Phi) is 2.45. The molecule has 1 aromatic rings. The number of hydrogen-bond acceptors (Lipinski definition) is 1. The van der Waals surface area contributed by atoms with Gasteiger partial charge < -0.3 is 4.57 Å². The zero-order chi connectivity index (χ0) is 10.1. The number of pyridine rings is 1. The Labute approximate surface area is 72.6 Å². The quantitative estimate of drug-likeness (QED) is 0.662. The Bertz CT molecular complexity index is 353. The number of halogens is 3. The third kappa shape index (κ3) is 2.93. The smallest absolute Gasteiger partial charge is 0.345 e. The third-order valence-electron chi connectivity index (χ3n) is 1.53. The van der Waals surface area contributed by atoms with Gasteiger partial charge in [-0.1, -0.05) is 0 Å². The predicted octanol–water partition coefficient (Wildman–Crippen LogP) is 1.72. The third-order valence-corrected chi connectivity index (χ3v) is 1.53. The lowest BCUT2D eigenvalue weighted by molar-refractivity contribution is -0.140. The number of alkyl halides is 3. The van der Waals surface area contributed by atoms with Gasteiger partial charge in [0.1, 0.15) is 6.54 Å². The van der Waals surface area contributed by atoms with E-state index in [0.29, 0.717) is 5.56 Å². The van der Waals surface area contributed by atoms with Crippen LogP contribution in [0, 0.1) is 6.92 Å². The molecular weight excluding hydrogens is 183 g/mol. The van der Waals surface area contributed by atoms with E-state index in [0.717, 1.165) is 16.8 Å². The molecule has 1 heterocycles. The van der Waals surface area contributed by atoms with Crippen LogP contribution >= 0.6 is 0 Å². The Morgan fingerprint density at radius 1 is 1.46 bits per heavy atom. The van der Waals surface area contributed by atoms with Crippen molar-refractivity contribution < 1.29 is 13.2 Å². The molecule has 0 saturated heterocycles. The van der Waals surface area contributed by atoms with Crippen LogP contribution in [0.25, 0.3) is 0 Å². The minimum absolute atomic E-state index is 0.251. The standard InChI is InChI=1S/C8H8F3NO/c1-6-4-12(3-2-7(6)13)5-8(9,10)11/h2-4H,5H2,1H3. The fourth-order valence-corrected chi connectivity index (χ4v) is 0.956. The monoisotopic (exact) mass is 191 g/mol. The minimum Gasteiger partial charge on any atom is -0.345 e. The summed E-state index contributed by atoms with van der Waals surface area (Å²) in [5.41, 5.74) is 0.0603. The van der Waals surface area contributed by atoms with E-state index in [1.54, 1.807) is 0 Å². The van der Waals surface area contributed by atoms with Crippen LogP contribution in [0.4, 0.5) is 13.2 Å². The topological polar surface area (TPSA) is 22.0 Å². The number of aryl methyl sites for hydroxylation is 1. The van der Waals surface area contributed by atoms with Crippen molar-refractivity contribution in [2.45, 2.75) is 19.6 Å². The lowest BCUT2D eigenvalue weighted by atomic mass is 10.3. The first kappa shape index (κ1) is 9.83. The maximum atomic E-state index is 11.9. The summed E-state index contributed by atoms with van der Waals surface area (Å²) in [6.45, 7) is 0.420. The molecule has 1 rings (SSSR count). The SMILES string of the molecule is Cc1cn(CC(F)(F)F)ccc1=O. The summed E-state index contributed by atoms with van der Waals surface area (Å²) in [5, 5.41) is 0. The molecule has 1 aromatic heterocycles. The van der Waals surface area contributed by atoms with E-state index in [-0.39, 0.29) is 5.43 Å². The second-order valence-corrected chi connectivity index (χ2v) is 2.78. The molecule has 0 bridgehead atoms. The highest BCUT2D eigenvalue weighted by atomic mass is 19.4. The minimum atomic E-state index is -4.25. The van der Waals surface area contributed by atoms with Crippen LogP contribution in [-0.4, -0.2) is 10.7 Å². The van der Waals surface area contributed by atoms with Gasteiger partial charge in [0.2, 0.25) is 0 Å². The number of hydrogen-bond donors (Lipinski definition) is 0. The Hall–Kier alpha value is -1.26. The molecular formula is C8H8F3NO. The van der Waals surface area contributed by atoms with E-state index in [9.17, 15) is 18.0 Å². The molecule has 0 aliphatic rings. The summed E-state index contributed by atoms with van der Waals surface area (Å²) >= 11 is 0. The first-order valence-corrected chi connectivity index (χ1v) is 3.62. The highest BCUT2D eigenvalue weighted by Gasteiger charge is 2.27. The molecule has 0 aliphatic heterocycles. The van der Waals surface area contributed by atoms with Crippen molar-refractivity contribution in [2.24, 2.45) is 0 Å². The first-order chi connectivity index (χ1) is 5.88. The molecule has 0 aliphatic carbocycles. The van der Waals surface area contributed by atoms with Gasteiger partial charge in [-0.05, 0) is 6.92 Å².